The molecular weight excluding hydrogens is 424 g/mol. The fourth-order valence-corrected chi connectivity index (χ4v) is 3.55. The SMILES string of the molecule is Cc1nc(Cl)c2ccccc2c1NC(=O)Nc1ccc(N(N)/C=C(\N)CCC(C)C)cc1. The summed E-state index contributed by atoms with van der Waals surface area (Å²) >= 11 is 6.24. The minimum absolute atomic E-state index is 0.377. The number of urea groups is 1. The summed E-state index contributed by atoms with van der Waals surface area (Å²) in [6.45, 7) is 6.12. The molecule has 3 aromatic rings. The van der Waals surface area contributed by atoms with Gasteiger partial charge in [-0.3, -0.25) is 5.01 Å². The highest BCUT2D eigenvalue weighted by molar-refractivity contribution is 6.35. The number of halogens is 1. The lowest BCUT2D eigenvalue weighted by molar-refractivity contribution is 0.262. The zero-order chi connectivity index (χ0) is 23.3. The van der Waals surface area contributed by atoms with Gasteiger partial charge in [0.1, 0.15) is 5.15 Å². The number of pyridine rings is 1. The van der Waals surface area contributed by atoms with Gasteiger partial charge >= 0.3 is 6.03 Å². The fourth-order valence-electron chi connectivity index (χ4n) is 3.26. The lowest BCUT2D eigenvalue weighted by Crippen LogP contribution is -2.26. The molecule has 32 heavy (non-hydrogen) atoms. The molecular formula is C24H29ClN6O. The van der Waals surface area contributed by atoms with Gasteiger partial charge in [0.15, 0.2) is 0 Å². The van der Waals surface area contributed by atoms with Crippen molar-refractivity contribution in [2.75, 3.05) is 15.6 Å². The predicted octanol–water partition coefficient (Wildman–Crippen LogP) is 5.76. The maximum absolute atomic E-state index is 12.6. The molecule has 0 bridgehead atoms. The number of nitrogens with one attached hydrogen (secondary N) is 2. The van der Waals surface area contributed by atoms with Crippen LogP contribution in [0.1, 0.15) is 32.4 Å². The van der Waals surface area contributed by atoms with Crippen molar-refractivity contribution in [1.82, 2.24) is 4.98 Å². The highest BCUT2D eigenvalue weighted by Gasteiger charge is 2.13. The molecule has 168 valence electrons. The lowest BCUT2D eigenvalue weighted by atomic mass is 10.1. The Balaban J connectivity index is 1.67. The maximum atomic E-state index is 12.6. The van der Waals surface area contributed by atoms with E-state index in [1.54, 1.807) is 25.3 Å². The van der Waals surface area contributed by atoms with Crippen molar-refractivity contribution >= 4 is 45.5 Å². The van der Waals surface area contributed by atoms with E-state index in [2.05, 4.69) is 29.5 Å². The van der Waals surface area contributed by atoms with E-state index in [9.17, 15) is 4.79 Å². The summed E-state index contributed by atoms with van der Waals surface area (Å²) in [5, 5.41) is 9.21. The average Bonchev–Trinajstić information content (AvgIpc) is 2.75. The van der Waals surface area contributed by atoms with Crippen LogP contribution in [0.3, 0.4) is 0 Å². The van der Waals surface area contributed by atoms with Crippen LogP contribution in [-0.4, -0.2) is 11.0 Å². The van der Waals surface area contributed by atoms with Crippen molar-refractivity contribution in [2.45, 2.75) is 33.6 Å². The first-order valence-electron chi connectivity index (χ1n) is 10.5. The van der Waals surface area contributed by atoms with Gasteiger partial charge in [-0.1, -0.05) is 49.7 Å². The van der Waals surface area contributed by atoms with Crippen molar-refractivity contribution in [3.8, 4) is 0 Å². The van der Waals surface area contributed by atoms with E-state index >= 15 is 0 Å². The Hall–Kier alpha value is -3.29. The number of aryl methyl sites for hydroxylation is 1. The van der Waals surface area contributed by atoms with E-state index in [-0.39, 0.29) is 6.03 Å². The van der Waals surface area contributed by atoms with Crippen LogP contribution in [0.2, 0.25) is 5.15 Å². The summed E-state index contributed by atoms with van der Waals surface area (Å²) < 4.78 is 0. The first-order valence-corrected chi connectivity index (χ1v) is 10.9. The Bertz CT molecular complexity index is 1130. The first kappa shape index (κ1) is 23.4. The van der Waals surface area contributed by atoms with Gasteiger partial charge in [-0.25, -0.2) is 15.6 Å². The van der Waals surface area contributed by atoms with Crippen LogP contribution in [0.25, 0.3) is 10.8 Å². The number of rotatable bonds is 7. The molecule has 0 aliphatic carbocycles. The van der Waals surface area contributed by atoms with E-state index in [0.717, 1.165) is 35.0 Å². The number of nitrogens with zero attached hydrogens (tertiary/aromatic N) is 2. The van der Waals surface area contributed by atoms with Gasteiger partial charge in [-0.05, 0) is 49.9 Å². The molecule has 0 aliphatic heterocycles. The molecule has 6 N–H and O–H groups in total. The third-order valence-electron chi connectivity index (χ3n) is 5.02. The van der Waals surface area contributed by atoms with E-state index in [1.165, 1.54) is 5.01 Å². The average molecular weight is 453 g/mol. The number of amides is 2. The van der Waals surface area contributed by atoms with Gasteiger partial charge < -0.3 is 16.4 Å². The van der Waals surface area contributed by atoms with Crippen molar-refractivity contribution in [3.05, 3.63) is 71.3 Å². The Kier molecular flexibility index (Phi) is 7.56. The van der Waals surface area contributed by atoms with Gasteiger partial charge in [0.05, 0.1) is 17.1 Å². The number of hydrogen-bond acceptors (Lipinski definition) is 5. The molecule has 1 heterocycles. The van der Waals surface area contributed by atoms with E-state index in [1.807, 2.05) is 36.4 Å². The molecule has 7 nitrogen and oxygen atoms in total. The molecule has 0 spiro atoms. The molecule has 0 fully saturated rings. The van der Waals surface area contributed by atoms with Gasteiger partial charge in [0.25, 0.3) is 0 Å². The topological polar surface area (TPSA) is 109 Å². The molecule has 8 heteroatoms. The Morgan fingerprint density at radius 2 is 1.78 bits per heavy atom. The molecule has 2 aromatic carbocycles. The van der Waals surface area contributed by atoms with Crippen LogP contribution in [0, 0.1) is 12.8 Å². The van der Waals surface area contributed by atoms with Crippen LogP contribution in [-0.2, 0) is 0 Å². The summed E-state index contributed by atoms with van der Waals surface area (Å²) in [6, 6.07) is 14.3. The summed E-state index contributed by atoms with van der Waals surface area (Å²) in [4.78, 5) is 16.9. The number of fused-ring (bicyclic) bond motifs is 1. The highest BCUT2D eigenvalue weighted by Crippen LogP contribution is 2.30. The molecule has 0 atom stereocenters. The van der Waals surface area contributed by atoms with Crippen molar-refractivity contribution in [1.29, 1.82) is 0 Å². The van der Waals surface area contributed by atoms with E-state index in [4.69, 9.17) is 23.2 Å². The number of benzene rings is 2. The largest absolute Gasteiger partial charge is 0.401 e. The van der Waals surface area contributed by atoms with Crippen LogP contribution in [0.4, 0.5) is 21.9 Å². The first-order chi connectivity index (χ1) is 15.2. The molecule has 1 aromatic heterocycles. The number of aromatic nitrogens is 1. The van der Waals surface area contributed by atoms with Gasteiger partial charge in [0.2, 0.25) is 0 Å². The highest BCUT2D eigenvalue weighted by atomic mass is 35.5. The lowest BCUT2D eigenvalue weighted by Gasteiger charge is -2.17. The van der Waals surface area contributed by atoms with Crippen molar-refractivity contribution < 1.29 is 4.79 Å². The second kappa shape index (κ2) is 10.3. The maximum Gasteiger partial charge on any atom is 0.323 e. The van der Waals surface area contributed by atoms with Crippen LogP contribution in [0.15, 0.2) is 60.4 Å². The summed E-state index contributed by atoms with van der Waals surface area (Å²) in [6.07, 6.45) is 3.52. The Morgan fingerprint density at radius 3 is 2.44 bits per heavy atom. The van der Waals surface area contributed by atoms with Gasteiger partial charge in [-0.2, -0.15) is 0 Å². The Labute approximate surface area is 193 Å². The number of carbonyl (C=O) groups is 1. The smallest absolute Gasteiger partial charge is 0.323 e. The summed E-state index contributed by atoms with van der Waals surface area (Å²) in [5.74, 6) is 6.68. The van der Waals surface area contributed by atoms with Gasteiger partial charge in [-0.15, -0.1) is 0 Å². The van der Waals surface area contributed by atoms with Crippen LogP contribution < -0.4 is 27.2 Å². The summed E-state index contributed by atoms with van der Waals surface area (Å²) in [5.41, 5.74) is 9.42. The molecule has 2 amide bonds. The second-order valence-corrected chi connectivity index (χ2v) is 8.44. The fraction of sp³-hybridized carbons (Fsp3) is 0.250. The molecule has 0 radical (unpaired) electrons. The van der Waals surface area contributed by atoms with Crippen LogP contribution in [0.5, 0.6) is 0 Å². The van der Waals surface area contributed by atoms with Gasteiger partial charge in [0, 0.05) is 28.4 Å². The molecule has 0 unspecified atom stereocenters. The van der Waals surface area contributed by atoms with E-state index < -0.39 is 0 Å². The molecule has 0 saturated heterocycles. The number of nitrogens with two attached hydrogens (primary N) is 2. The minimum atomic E-state index is -0.377. The third-order valence-corrected chi connectivity index (χ3v) is 5.31. The van der Waals surface area contributed by atoms with Crippen molar-refractivity contribution in [3.63, 3.8) is 0 Å². The third kappa shape index (κ3) is 5.90. The number of anilines is 3. The molecule has 0 aliphatic rings. The zero-order valence-electron chi connectivity index (χ0n) is 18.5. The van der Waals surface area contributed by atoms with E-state index in [0.29, 0.717) is 28.1 Å². The normalized spacial score (nSPS) is 11.6. The standard InChI is InChI=1S/C24H29ClN6O/c1-15(2)8-9-17(26)14-31(27)19-12-10-18(11-13-19)29-24(32)30-22-16(3)28-23(25)21-7-5-4-6-20(21)22/h4-7,10-15H,8-9,26-27H2,1-3H3,(H2,29,30,32)/b17-14-. The quantitative estimate of drug-likeness (QED) is 0.207. The minimum Gasteiger partial charge on any atom is -0.401 e. The predicted molar refractivity (Wildman–Crippen MR) is 134 cm³/mol. The second-order valence-electron chi connectivity index (χ2n) is 8.08. The van der Waals surface area contributed by atoms with Crippen LogP contribution >= 0.6 is 11.6 Å². The zero-order valence-corrected chi connectivity index (χ0v) is 19.3. The molecule has 3 rings (SSSR count). The monoisotopic (exact) mass is 452 g/mol. The number of allylic oxidation sites excluding steroid dienone is 1. The Morgan fingerprint density at radius 1 is 1.12 bits per heavy atom. The van der Waals surface area contributed by atoms with Crippen molar-refractivity contribution in [2.24, 2.45) is 17.5 Å². The number of hydrazine groups is 1. The number of hydrogen-bond donors (Lipinski definition) is 4. The summed E-state index contributed by atoms with van der Waals surface area (Å²) in [7, 11) is 0. The molecule has 0 saturated carbocycles. The number of carbonyl (C=O) groups excluding carboxylic acids is 1.